The van der Waals surface area contributed by atoms with Crippen molar-refractivity contribution in [3.05, 3.63) is 89.0 Å². The number of benzene rings is 3. The second-order valence-corrected chi connectivity index (χ2v) is 9.54. The SMILES string of the molecule is CC(C)c1ccccc1S(=O)(=O)Nc1ccc(C(F)(F)F)cc1C(=O)Nc1ccc(C(=O)O)cc1. The van der Waals surface area contributed by atoms with Crippen LogP contribution in [-0.2, 0) is 16.2 Å². The van der Waals surface area contributed by atoms with Crippen LogP contribution in [0.5, 0.6) is 0 Å². The highest BCUT2D eigenvalue weighted by molar-refractivity contribution is 7.92. The summed E-state index contributed by atoms with van der Waals surface area (Å²) in [4.78, 5) is 23.8. The second kappa shape index (κ2) is 9.79. The minimum absolute atomic E-state index is 0.0562. The van der Waals surface area contributed by atoms with Gasteiger partial charge in [-0.05, 0) is 60.0 Å². The number of carboxylic acid groups (broad SMARTS) is 1. The highest BCUT2D eigenvalue weighted by atomic mass is 32.2. The van der Waals surface area contributed by atoms with Crippen LogP contribution in [0.25, 0.3) is 0 Å². The number of hydrogen-bond acceptors (Lipinski definition) is 4. The molecule has 7 nitrogen and oxygen atoms in total. The lowest BCUT2D eigenvalue weighted by Crippen LogP contribution is -2.21. The average Bonchev–Trinajstić information content (AvgIpc) is 2.78. The molecule has 3 N–H and O–H groups in total. The Morgan fingerprint density at radius 3 is 2.14 bits per heavy atom. The topological polar surface area (TPSA) is 113 Å². The van der Waals surface area contributed by atoms with Crippen molar-refractivity contribution >= 4 is 33.3 Å². The summed E-state index contributed by atoms with van der Waals surface area (Å²) in [5.41, 5.74) is -1.51. The Morgan fingerprint density at radius 1 is 0.943 bits per heavy atom. The largest absolute Gasteiger partial charge is 0.478 e. The Hall–Kier alpha value is -3.86. The van der Waals surface area contributed by atoms with Gasteiger partial charge in [0.15, 0.2) is 0 Å². The van der Waals surface area contributed by atoms with Crippen LogP contribution in [0.1, 0.15) is 51.6 Å². The number of carbonyl (C=O) groups excluding carboxylic acids is 1. The smallest absolute Gasteiger partial charge is 0.416 e. The van der Waals surface area contributed by atoms with Crippen molar-refractivity contribution in [2.75, 3.05) is 10.0 Å². The molecule has 0 radical (unpaired) electrons. The third-order valence-corrected chi connectivity index (χ3v) is 6.50. The van der Waals surface area contributed by atoms with Gasteiger partial charge in [0.25, 0.3) is 15.9 Å². The minimum Gasteiger partial charge on any atom is -0.478 e. The third-order valence-electron chi connectivity index (χ3n) is 5.06. The van der Waals surface area contributed by atoms with Crippen molar-refractivity contribution in [3.8, 4) is 0 Å². The van der Waals surface area contributed by atoms with Gasteiger partial charge in [0.05, 0.1) is 27.3 Å². The molecule has 0 unspecified atom stereocenters. The molecule has 0 atom stereocenters. The molecular formula is C24H21F3N2O5S. The first-order valence-corrected chi connectivity index (χ1v) is 11.8. The van der Waals surface area contributed by atoms with Crippen molar-refractivity contribution in [2.24, 2.45) is 0 Å². The van der Waals surface area contributed by atoms with E-state index in [9.17, 15) is 31.2 Å². The normalized spacial score (nSPS) is 11.8. The predicted octanol–water partition coefficient (Wildman–Crippen LogP) is 5.58. The molecule has 35 heavy (non-hydrogen) atoms. The molecule has 0 spiro atoms. The number of carbonyl (C=O) groups is 2. The molecule has 0 saturated heterocycles. The van der Waals surface area contributed by atoms with Crippen LogP contribution in [0.3, 0.4) is 0 Å². The fraction of sp³-hybridized carbons (Fsp3) is 0.167. The van der Waals surface area contributed by atoms with E-state index in [0.717, 1.165) is 6.07 Å². The van der Waals surface area contributed by atoms with Gasteiger partial charge in [-0.25, -0.2) is 13.2 Å². The summed E-state index contributed by atoms with van der Waals surface area (Å²) in [5.74, 6) is -2.37. The highest BCUT2D eigenvalue weighted by Gasteiger charge is 2.32. The van der Waals surface area contributed by atoms with E-state index in [0.29, 0.717) is 17.7 Å². The molecule has 0 aliphatic rings. The number of halogens is 3. The zero-order valence-electron chi connectivity index (χ0n) is 18.6. The minimum atomic E-state index is -4.78. The average molecular weight is 507 g/mol. The summed E-state index contributed by atoms with van der Waals surface area (Å²) in [6.45, 7) is 3.59. The van der Waals surface area contributed by atoms with E-state index >= 15 is 0 Å². The van der Waals surface area contributed by atoms with Gasteiger partial charge < -0.3 is 10.4 Å². The maximum atomic E-state index is 13.3. The van der Waals surface area contributed by atoms with Gasteiger partial charge in [-0.15, -0.1) is 0 Å². The number of alkyl halides is 3. The fourth-order valence-corrected chi connectivity index (χ4v) is 4.74. The maximum Gasteiger partial charge on any atom is 0.416 e. The van der Waals surface area contributed by atoms with E-state index in [-0.39, 0.29) is 27.8 Å². The first kappa shape index (κ1) is 25.8. The standard InChI is InChI=1S/C24H21F3N2O5S/c1-14(2)18-5-3-4-6-21(18)35(33,34)29-20-12-9-16(24(25,26)27)13-19(20)22(30)28-17-10-7-15(8-11-17)23(31)32/h3-14,29H,1-2H3,(H,28,30)(H,31,32). The van der Waals surface area contributed by atoms with Crippen LogP contribution in [0.4, 0.5) is 24.5 Å². The number of nitrogens with one attached hydrogen (secondary N) is 2. The number of rotatable bonds is 7. The van der Waals surface area contributed by atoms with E-state index in [4.69, 9.17) is 5.11 Å². The summed E-state index contributed by atoms with van der Waals surface area (Å²) < 4.78 is 68.5. The lowest BCUT2D eigenvalue weighted by molar-refractivity contribution is -0.137. The summed E-state index contributed by atoms with van der Waals surface area (Å²) in [6, 6.07) is 13.2. The van der Waals surface area contributed by atoms with Crippen molar-refractivity contribution < 1.29 is 36.3 Å². The van der Waals surface area contributed by atoms with Gasteiger partial charge in [-0.2, -0.15) is 13.2 Å². The van der Waals surface area contributed by atoms with E-state index in [1.807, 2.05) is 0 Å². The summed E-state index contributed by atoms with van der Waals surface area (Å²) in [5, 5.41) is 11.3. The monoisotopic (exact) mass is 506 g/mol. The Balaban J connectivity index is 2.02. The molecule has 0 aliphatic heterocycles. The van der Waals surface area contributed by atoms with Crippen LogP contribution < -0.4 is 10.0 Å². The van der Waals surface area contributed by atoms with Crippen LogP contribution in [-0.4, -0.2) is 25.4 Å². The molecule has 0 aliphatic carbocycles. The van der Waals surface area contributed by atoms with E-state index in [1.54, 1.807) is 26.0 Å². The number of carboxylic acids is 1. The molecule has 0 aromatic heterocycles. The fourth-order valence-electron chi connectivity index (χ4n) is 3.29. The van der Waals surface area contributed by atoms with Gasteiger partial charge in [-0.1, -0.05) is 32.0 Å². The van der Waals surface area contributed by atoms with Gasteiger partial charge in [0.1, 0.15) is 0 Å². The first-order valence-electron chi connectivity index (χ1n) is 10.3. The number of anilines is 2. The van der Waals surface area contributed by atoms with Gasteiger partial charge in [0.2, 0.25) is 0 Å². The number of amides is 1. The molecule has 184 valence electrons. The van der Waals surface area contributed by atoms with Crippen LogP contribution in [0.15, 0.2) is 71.6 Å². The van der Waals surface area contributed by atoms with Gasteiger partial charge >= 0.3 is 12.1 Å². The zero-order valence-corrected chi connectivity index (χ0v) is 19.4. The van der Waals surface area contributed by atoms with Crippen LogP contribution >= 0.6 is 0 Å². The number of aromatic carboxylic acids is 1. The van der Waals surface area contributed by atoms with Crippen molar-refractivity contribution in [3.63, 3.8) is 0 Å². The quantitative estimate of drug-likeness (QED) is 0.387. The Labute approximate surface area is 199 Å². The molecular weight excluding hydrogens is 485 g/mol. The Kier molecular flexibility index (Phi) is 7.20. The molecule has 0 saturated carbocycles. The van der Waals surface area contributed by atoms with E-state index in [1.165, 1.54) is 36.4 Å². The number of sulfonamides is 1. The molecule has 0 fully saturated rings. The van der Waals surface area contributed by atoms with Crippen molar-refractivity contribution in [1.82, 2.24) is 0 Å². The van der Waals surface area contributed by atoms with Crippen LogP contribution in [0, 0.1) is 0 Å². The van der Waals surface area contributed by atoms with Gasteiger partial charge in [0, 0.05) is 5.69 Å². The summed E-state index contributed by atoms with van der Waals surface area (Å²) in [6.07, 6.45) is -4.78. The Morgan fingerprint density at radius 2 is 1.57 bits per heavy atom. The van der Waals surface area contributed by atoms with Crippen molar-refractivity contribution in [2.45, 2.75) is 30.8 Å². The second-order valence-electron chi connectivity index (χ2n) is 7.89. The molecule has 0 bridgehead atoms. The molecule has 1 amide bonds. The lowest BCUT2D eigenvalue weighted by Gasteiger charge is -2.17. The first-order chi connectivity index (χ1) is 16.3. The predicted molar refractivity (Wildman–Crippen MR) is 124 cm³/mol. The van der Waals surface area contributed by atoms with E-state index in [2.05, 4.69) is 10.0 Å². The molecule has 3 aromatic carbocycles. The molecule has 3 aromatic rings. The van der Waals surface area contributed by atoms with Gasteiger partial charge in [-0.3, -0.25) is 9.52 Å². The van der Waals surface area contributed by atoms with Crippen LogP contribution in [0.2, 0.25) is 0 Å². The zero-order chi connectivity index (χ0) is 26.0. The molecule has 11 heteroatoms. The van der Waals surface area contributed by atoms with E-state index < -0.39 is 39.2 Å². The highest BCUT2D eigenvalue weighted by Crippen LogP contribution is 2.33. The maximum absolute atomic E-state index is 13.3. The Bertz CT molecular complexity index is 1370. The summed E-state index contributed by atoms with van der Waals surface area (Å²) >= 11 is 0. The third kappa shape index (κ3) is 5.99. The molecule has 0 heterocycles. The van der Waals surface area contributed by atoms with Crippen molar-refractivity contribution in [1.29, 1.82) is 0 Å². The number of hydrogen-bond donors (Lipinski definition) is 3. The summed E-state index contributed by atoms with van der Waals surface area (Å²) in [7, 11) is -4.26. The lowest BCUT2D eigenvalue weighted by atomic mass is 10.0. The molecule has 3 rings (SSSR count).